The predicted octanol–water partition coefficient (Wildman–Crippen LogP) is 2.08. The minimum absolute atomic E-state index is 0.183. The Morgan fingerprint density at radius 1 is 1.56 bits per heavy atom. The Hall–Kier alpha value is -1.26. The summed E-state index contributed by atoms with van der Waals surface area (Å²) in [4.78, 5) is 12.0. The van der Waals surface area contributed by atoms with Gasteiger partial charge in [0.25, 0.3) is 5.91 Å². The highest BCUT2D eigenvalue weighted by Gasteiger charge is 2.17. The smallest absolute Gasteiger partial charge is 0.252 e. The highest BCUT2D eigenvalue weighted by atomic mass is 35.5. The van der Waals surface area contributed by atoms with Crippen LogP contribution in [0.25, 0.3) is 0 Å². The van der Waals surface area contributed by atoms with E-state index >= 15 is 0 Å². The molecule has 1 aliphatic heterocycles. The number of nitrogens with one attached hydrogen (secondary N) is 1. The van der Waals surface area contributed by atoms with Crippen LogP contribution in [-0.4, -0.2) is 25.7 Å². The quantitative estimate of drug-likeness (QED) is 0.825. The van der Waals surface area contributed by atoms with Crippen LogP contribution in [0.1, 0.15) is 23.2 Å². The molecule has 1 saturated heterocycles. The van der Waals surface area contributed by atoms with E-state index in [-0.39, 0.29) is 5.91 Å². The number of amides is 1. The third kappa shape index (κ3) is 3.15. The van der Waals surface area contributed by atoms with E-state index in [1.54, 1.807) is 18.2 Å². The largest absolute Gasteiger partial charge is 0.398 e. The monoisotopic (exact) mass is 268 g/mol. The van der Waals surface area contributed by atoms with Gasteiger partial charge >= 0.3 is 0 Å². The first kappa shape index (κ1) is 13.2. The first-order chi connectivity index (χ1) is 8.68. The first-order valence-electron chi connectivity index (χ1n) is 6.08. The van der Waals surface area contributed by atoms with E-state index in [9.17, 15) is 4.79 Å². The molecule has 0 aromatic heterocycles. The van der Waals surface area contributed by atoms with Gasteiger partial charge in [0.05, 0.1) is 22.9 Å². The van der Waals surface area contributed by atoms with Gasteiger partial charge in [-0.1, -0.05) is 17.7 Å². The molecule has 1 aromatic rings. The number of hydrogen-bond acceptors (Lipinski definition) is 3. The molecule has 1 fully saturated rings. The average Bonchev–Trinajstić information content (AvgIpc) is 2.40. The Labute approximate surface area is 111 Å². The molecule has 3 N–H and O–H groups in total. The Kier molecular flexibility index (Phi) is 4.44. The van der Waals surface area contributed by atoms with Crippen LogP contribution in [0.2, 0.25) is 5.02 Å². The number of nitrogens with two attached hydrogens (primary N) is 1. The molecule has 5 heteroatoms. The Morgan fingerprint density at radius 2 is 2.39 bits per heavy atom. The number of anilines is 1. The van der Waals surface area contributed by atoms with Gasteiger partial charge in [-0.3, -0.25) is 4.79 Å². The minimum atomic E-state index is -0.183. The molecule has 98 valence electrons. The zero-order chi connectivity index (χ0) is 13.0. The van der Waals surface area contributed by atoms with E-state index in [0.29, 0.717) is 35.3 Å². The molecule has 0 bridgehead atoms. The van der Waals surface area contributed by atoms with Crippen molar-refractivity contribution in [1.29, 1.82) is 0 Å². The summed E-state index contributed by atoms with van der Waals surface area (Å²) in [7, 11) is 0. The van der Waals surface area contributed by atoms with Gasteiger partial charge < -0.3 is 15.8 Å². The summed E-state index contributed by atoms with van der Waals surface area (Å²) in [5, 5.41) is 3.19. The second-order valence-electron chi connectivity index (χ2n) is 4.50. The van der Waals surface area contributed by atoms with Crippen LogP contribution in [-0.2, 0) is 4.74 Å². The first-order valence-corrected chi connectivity index (χ1v) is 6.46. The fourth-order valence-electron chi connectivity index (χ4n) is 2.03. The second-order valence-corrected chi connectivity index (χ2v) is 4.88. The molecule has 4 nitrogen and oxygen atoms in total. The van der Waals surface area contributed by atoms with Crippen molar-refractivity contribution < 1.29 is 9.53 Å². The molecule has 0 saturated carbocycles. The van der Waals surface area contributed by atoms with Crippen LogP contribution < -0.4 is 11.1 Å². The van der Waals surface area contributed by atoms with Crippen molar-refractivity contribution in [3.8, 4) is 0 Å². The normalized spacial score (nSPS) is 19.5. The molecule has 1 unspecified atom stereocenters. The highest BCUT2D eigenvalue weighted by Crippen LogP contribution is 2.23. The molecule has 1 aliphatic rings. The van der Waals surface area contributed by atoms with Crippen molar-refractivity contribution in [3.63, 3.8) is 0 Å². The van der Waals surface area contributed by atoms with Crippen LogP contribution in [0.15, 0.2) is 18.2 Å². The van der Waals surface area contributed by atoms with Crippen molar-refractivity contribution in [3.05, 3.63) is 28.8 Å². The molecule has 1 atom stereocenters. The lowest BCUT2D eigenvalue weighted by atomic mass is 10.0. The number of rotatable bonds is 3. The Balaban J connectivity index is 1.93. The van der Waals surface area contributed by atoms with Gasteiger partial charge in [0.2, 0.25) is 0 Å². The van der Waals surface area contributed by atoms with Crippen molar-refractivity contribution in [1.82, 2.24) is 5.32 Å². The third-order valence-electron chi connectivity index (χ3n) is 3.08. The van der Waals surface area contributed by atoms with E-state index < -0.39 is 0 Å². The topological polar surface area (TPSA) is 64.4 Å². The average molecular weight is 269 g/mol. The second kappa shape index (κ2) is 6.07. The molecule has 0 aliphatic carbocycles. The van der Waals surface area contributed by atoms with Gasteiger partial charge in [-0.15, -0.1) is 0 Å². The van der Waals surface area contributed by atoms with Gasteiger partial charge in [0.1, 0.15) is 0 Å². The van der Waals surface area contributed by atoms with E-state index in [1.165, 1.54) is 0 Å². The summed E-state index contributed by atoms with van der Waals surface area (Å²) < 4.78 is 5.37. The molecule has 0 radical (unpaired) electrons. The Morgan fingerprint density at radius 3 is 3.11 bits per heavy atom. The maximum atomic E-state index is 12.0. The number of benzene rings is 1. The molecule has 1 aromatic carbocycles. The van der Waals surface area contributed by atoms with Crippen molar-refractivity contribution in [2.24, 2.45) is 5.92 Å². The van der Waals surface area contributed by atoms with E-state index in [1.807, 2.05) is 0 Å². The summed E-state index contributed by atoms with van der Waals surface area (Å²) in [6.07, 6.45) is 2.14. The summed E-state index contributed by atoms with van der Waals surface area (Å²) in [5.41, 5.74) is 6.51. The zero-order valence-corrected chi connectivity index (χ0v) is 10.9. The fraction of sp³-hybridized carbons (Fsp3) is 0.462. The third-order valence-corrected chi connectivity index (χ3v) is 3.50. The SMILES string of the molecule is Nc1cccc(C(=O)NCC2CCCOC2)c1Cl. The number of halogens is 1. The van der Waals surface area contributed by atoms with Crippen LogP contribution in [0.3, 0.4) is 0 Å². The van der Waals surface area contributed by atoms with Crippen LogP contribution in [0.5, 0.6) is 0 Å². The van der Waals surface area contributed by atoms with Crippen LogP contribution in [0, 0.1) is 5.92 Å². The lowest BCUT2D eigenvalue weighted by Crippen LogP contribution is -2.33. The van der Waals surface area contributed by atoms with Crippen molar-refractivity contribution >= 4 is 23.2 Å². The van der Waals surface area contributed by atoms with E-state index in [0.717, 1.165) is 19.4 Å². The predicted molar refractivity (Wildman–Crippen MR) is 71.7 cm³/mol. The number of nitrogen functional groups attached to an aromatic ring is 1. The van der Waals surface area contributed by atoms with E-state index in [4.69, 9.17) is 22.1 Å². The highest BCUT2D eigenvalue weighted by molar-refractivity contribution is 6.36. The fourth-order valence-corrected chi connectivity index (χ4v) is 2.24. The minimum Gasteiger partial charge on any atom is -0.398 e. The van der Waals surface area contributed by atoms with E-state index in [2.05, 4.69) is 5.32 Å². The molecule has 0 spiro atoms. The number of carbonyl (C=O) groups is 1. The summed E-state index contributed by atoms with van der Waals surface area (Å²) in [6, 6.07) is 5.07. The standard InChI is InChI=1S/C13H17ClN2O2/c14-12-10(4-1-5-11(12)15)13(17)16-7-9-3-2-6-18-8-9/h1,4-5,9H,2-3,6-8,15H2,(H,16,17). The lowest BCUT2D eigenvalue weighted by Gasteiger charge is -2.22. The van der Waals surface area contributed by atoms with Gasteiger partial charge in [0, 0.05) is 13.2 Å². The molecule has 18 heavy (non-hydrogen) atoms. The molecule has 1 amide bonds. The van der Waals surface area contributed by atoms with Gasteiger partial charge in [-0.05, 0) is 30.9 Å². The lowest BCUT2D eigenvalue weighted by molar-refractivity contribution is 0.0536. The molecule has 2 rings (SSSR count). The maximum absolute atomic E-state index is 12.0. The Bertz CT molecular complexity index is 431. The summed E-state index contributed by atoms with van der Waals surface area (Å²) in [6.45, 7) is 2.15. The van der Waals surface area contributed by atoms with Gasteiger partial charge in [-0.25, -0.2) is 0 Å². The van der Waals surface area contributed by atoms with Crippen LogP contribution >= 0.6 is 11.6 Å². The maximum Gasteiger partial charge on any atom is 0.252 e. The van der Waals surface area contributed by atoms with Crippen molar-refractivity contribution in [2.75, 3.05) is 25.5 Å². The number of hydrogen-bond donors (Lipinski definition) is 2. The molecular formula is C13H17ClN2O2. The van der Waals surface area contributed by atoms with Gasteiger partial charge in [0.15, 0.2) is 0 Å². The molecular weight excluding hydrogens is 252 g/mol. The number of ether oxygens (including phenoxy) is 1. The summed E-state index contributed by atoms with van der Waals surface area (Å²) in [5.74, 6) is 0.209. The summed E-state index contributed by atoms with van der Waals surface area (Å²) >= 11 is 6.00. The number of carbonyl (C=O) groups excluding carboxylic acids is 1. The van der Waals surface area contributed by atoms with Gasteiger partial charge in [-0.2, -0.15) is 0 Å². The molecule has 1 heterocycles. The van der Waals surface area contributed by atoms with Crippen molar-refractivity contribution in [2.45, 2.75) is 12.8 Å². The van der Waals surface area contributed by atoms with Crippen LogP contribution in [0.4, 0.5) is 5.69 Å². The zero-order valence-electron chi connectivity index (χ0n) is 10.1.